The van der Waals surface area contributed by atoms with Gasteiger partial charge >= 0.3 is 0 Å². The normalized spacial score (nSPS) is 20.6. The summed E-state index contributed by atoms with van der Waals surface area (Å²) in [6.07, 6.45) is 3.55. The Hall–Kier alpha value is -3.30. The third-order valence-corrected chi connectivity index (χ3v) is 7.32. The minimum Gasteiger partial charge on any atom is -0.379 e. The fourth-order valence-corrected chi connectivity index (χ4v) is 5.31. The molecular weight excluding hydrogens is 444 g/mol. The third kappa shape index (κ3) is 4.41. The van der Waals surface area contributed by atoms with Gasteiger partial charge in [-0.05, 0) is 49.6 Å². The van der Waals surface area contributed by atoms with Crippen molar-refractivity contribution in [3.8, 4) is 0 Å². The lowest BCUT2D eigenvalue weighted by atomic mass is 9.91. The number of carbonyl (C=O) groups excluding carboxylic acids is 1. The second-order valence-corrected chi connectivity index (χ2v) is 9.50. The van der Waals surface area contributed by atoms with Gasteiger partial charge in [-0.15, -0.1) is 0 Å². The number of rotatable bonds is 5. The van der Waals surface area contributed by atoms with Crippen molar-refractivity contribution in [3.63, 3.8) is 0 Å². The molecule has 3 aromatic rings. The Kier molecular flexibility index (Phi) is 6.29. The quantitative estimate of drug-likeness (QED) is 0.581. The van der Waals surface area contributed by atoms with Crippen molar-refractivity contribution in [1.29, 1.82) is 0 Å². The molecule has 3 aromatic heterocycles. The molecule has 2 fully saturated rings. The van der Waals surface area contributed by atoms with Gasteiger partial charge in [0.2, 0.25) is 0 Å². The number of fused-ring (bicyclic) bond motifs is 1. The number of nitrogens with zero attached hydrogens (tertiary/aromatic N) is 4. The summed E-state index contributed by atoms with van der Waals surface area (Å²) >= 11 is 0. The van der Waals surface area contributed by atoms with E-state index in [1.165, 1.54) is 0 Å². The molecule has 1 amide bonds. The lowest BCUT2D eigenvalue weighted by molar-refractivity contribution is 0.0489. The Balaban J connectivity index is 1.38. The third-order valence-electron chi connectivity index (χ3n) is 7.32. The molecule has 9 nitrogen and oxygen atoms in total. The Labute approximate surface area is 204 Å². The van der Waals surface area contributed by atoms with Crippen molar-refractivity contribution in [3.05, 3.63) is 63.3 Å². The number of nitrogens with one attached hydrogen (secondary N) is 2. The predicted molar refractivity (Wildman–Crippen MR) is 135 cm³/mol. The highest BCUT2D eigenvalue weighted by molar-refractivity contribution is 5.92. The van der Waals surface area contributed by atoms with Crippen LogP contribution in [0.25, 0.3) is 11.0 Å². The molecule has 5 heterocycles. The van der Waals surface area contributed by atoms with Gasteiger partial charge in [-0.1, -0.05) is 6.92 Å². The van der Waals surface area contributed by atoms with Gasteiger partial charge in [-0.2, -0.15) is 0 Å². The van der Waals surface area contributed by atoms with Crippen molar-refractivity contribution in [2.45, 2.75) is 38.8 Å². The zero-order chi connectivity index (χ0) is 24.6. The van der Waals surface area contributed by atoms with E-state index in [2.05, 4.69) is 30.1 Å². The Morgan fingerprint density at radius 1 is 1.29 bits per heavy atom. The summed E-state index contributed by atoms with van der Waals surface area (Å²) in [5, 5.41) is 2.63. The summed E-state index contributed by atoms with van der Waals surface area (Å²) in [5.41, 5.74) is 5.60. The van der Waals surface area contributed by atoms with Crippen molar-refractivity contribution >= 4 is 22.6 Å². The molecule has 1 unspecified atom stereocenters. The van der Waals surface area contributed by atoms with Crippen LogP contribution in [0, 0.1) is 6.92 Å². The molecule has 5 rings (SSSR count). The van der Waals surface area contributed by atoms with Gasteiger partial charge in [-0.25, -0.2) is 4.98 Å². The topological polar surface area (TPSA) is 103 Å². The van der Waals surface area contributed by atoms with E-state index in [0.717, 1.165) is 72.7 Å². The fourth-order valence-electron chi connectivity index (χ4n) is 5.31. The van der Waals surface area contributed by atoms with Crippen LogP contribution in [-0.2, 0) is 17.7 Å². The minimum atomic E-state index is -0.179. The summed E-state index contributed by atoms with van der Waals surface area (Å²) in [7, 11) is 1.61. The van der Waals surface area contributed by atoms with E-state index in [9.17, 15) is 9.59 Å². The zero-order valence-electron chi connectivity index (χ0n) is 20.6. The number of amides is 1. The first kappa shape index (κ1) is 23.4. The van der Waals surface area contributed by atoms with Crippen LogP contribution in [0.4, 0.5) is 5.69 Å². The van der Waals surface area contributed by atoms with E-state index < -0.39 is 0 Å². The number of anilines is 1. The first-order chi connectivity index (χ1) is 16.9. The number of aryl methyl sites for hydroxylation is 2. The number of hydrogen-bond acceptors (Lipinski definition) is 7. The molecule has 0 bridgehead atoms. The second-order valence-electron chi connectivity index (χ2n) is 9.50. The lowest BCUT2D eigenvalue weighted by Gasteiger charge is -2.49. The van der Waals surface area contributed by atoms with Crippen molar-refractivity contribution in [1.82, 2.24) is 25.2 Å². The number of pyridine rings is 3. The maximum atomic E-state index is 12.3. The number of carbonyl (C=O) groups is 1. The molecule has 2 aliphatic rings. The van der Waals surface area contributed by atoms with E-state index in [4.69, 9.17) is 4.74 Å². The molecule has 0 radical (unpaired) electrons. The van der Waals surface area contributed by atoms with Crippen molar-refractivity contribution < 1.29 is 9.53 Å². The largest absolute Gasteiger partial charge is 0.379 e. The van der Waals surface area contributed by atoms with Crippen LogP contribution in [0.5, 0.6) is 0 Å². The fraction of sp³-hybridized carbons (Fsp3) is 0.462. The Bertz CT molecular complexity index is 1310. The first-order valence-corrected chi connectivity index (χ1v) is 12.2. The van der Waals surface area contributed by atoms with E-state index in [-0.39, 0.29) is 17.0 Å². The maximum absolute atomic E-state index is 12.3. The summed E-state index contributed by atoms with van der Waals surface area (Å²) < 4.78 is 5.90. The van der Waals surface area contributed by atoms with Gasteiger partial charge < -0.3 is 19.9 Å². The molecule has 35 heavy (non-hydrogen) atoms. The Morgan fingerprint density at radius 2 is 2.14 bits per heavy atom. The van der Waals surface area contributed by atoms with E-state index in [1.54, 1.807) is 13.1 Å². The number of H-pyrrole nitrogens is 1. The van der Waals surface area contributed by atoms with Gasteiger partial charge in [0.05, 0.1) is 34.6 Å². The van der Waals surface area contributed by atoms with Crippen molar-refractivity contribution in [2.75, 3.05) is 44.8 Å². The predicted octanol–water partition coefficient (Wildman–Crippen LogP) is 2.03. The molecule has 0 aromatic carbocycles. The summed E-state index contributed by atoms with van der Waals surface area (Å²) in [4.78, 5) is 41.3. The molecule has 9 heteroatoms. The van der Waals surface area contributed by atoms with Gasteiger partial charge in [0.1, 0.15) is 5.69 Å². The maximum Gasteiger partial charge on any atom is 0.269 e. The van der Waals surface area contributed by atoms with Crippen LogP contribution < -0.4 is 15.8 Å². The monoisotopic (exact) mass is 476 g/mol. The number of piperazine rings is 1. The number of aromatic amines is 1. The average molecular weight is 477 g/mol. The van der Waals surface area contributed by atoms with Crippen LogP contribution >= 0.6 is 0 Å². The first-order valence-electron chi connectivity index (χ1n) is 12.2. The van der Waals surface area contributed by atoms with E-state index in [1.807, 2.05) is 38.2 Å². The van der Waals surface area contributed by atoms with E-state index in [0.29, 0.717) is 18.7 Å². The average Bonchev–Trinajstić information content (AvgIpc) is 3.33. The van der Waals surface area contributed by atoms with E-state index >= 15 is 0 Å². The Morgan fingerprint density at radius 3 is 2.86 bits per heavy atom. The van der Waals surface area contributed by atoms with Crippen molar-refractivity contribution in [2.24, 2.45) is 0 Å². The van der Waals surface area contributed by atoms with Crippen LogP contribution in [0.3, 0.4) is 0 Å². The molecule has 1 spiro atoms. The van der Waals surface area contributed by atoms with Crippen LogP contribution in [0.2, 0.25) is 0 Å². The van der Waals surface area contributed by atoms with Crippen LogP contribution in [0.15, 0.2) is 35.3 Å². The molecule has 2 N–H and O–H groups in total. The van der Waals surface area contributed by atoms with Gasteiger partial charge in [0, 0.05) is 51.6 Å². The highest BCUT2D eigenvalue weighted by Crippen LogP contribution is 2.34. The minimum absolute atomic E-state index is 0.0420. The van der Waals surface area contributed by atoms with Crippen LogP contribution in [0.1, 0.15) is 40.7 Å². The molecule has 0 aliphatic carbocycles. The SMILES string of the molecule is CCc1cc2ncc(CN3CCN(c4ccc(C(=O)NC)nc4C)CC34CCOC4)cc2[nH]c1=O. The summed E-state index contributed by atoms with van der Waals surface area (Å²) in [6.45, 7) is 8.62. The molecular formula is C26H32N6O3. The smallest absolute Gasteiger partial charge is 0.269 e. The summed E-state index contributed by atoms with van der Waals surface area (Å²) in [6, 6.07) is 7.72. The molecule has 2 aliphatic heterocycles. The highest BCUT2D eigenvalue weighted by atomic mass is 16.5. The molecule has 1 atom stereocenters. The number of ether oxygens (including phenoxy) is 1. The zero-order valence-corrected chi connectivity index (χ0v) is 20.6. The highest BCUT2D eigenvalue weighted by Gasteiger charge is 2.45. The standard InChI is InChI=1S/C26H32N6O3/c1-4-19-12-21-22(30-24(19)33)11-18(13-28-21)14-32-9-8-31(15-26(32)7-10-35-16-26)23-6-5-20(25(34)27-3)29-17(23)2/h5-6,11-13H,4,7-10,14-16H2,1-3H3,(H,27,34)(H,30,33). The number of aromatic nitrogens is 3. The lowest BCUT2D eigenvalue weighted by Crippen LogP contribution is -2.62. The van der Waals surface area contributed by atoms with Crippen LogP contribution in [-0.4, -0.2) is 71.2 Å². The number of hydrogen-bond donors (Lipinski definition) is 2. The second kappa shape index (κ2) is 9.39. The summed E-state index contributed by atoms with van der Waals surface area (Å²) in [5.74, 6) is -0.179. The van der Waals surface area contributed by atoms with Gasteiger partial charge in [0.25, 0.3) is 11.5 Å². The molecule has 0 saturated carbocycles. The molecule has 184 valence electrons. The van der Waals surface area contributed by atoms with Gasteiger partial charge in [-0.3, -0.25) is 19.5 Å². The molecule has 2 saturated heterocycles. The van der Waals surface area contributed by atoms with Gasteiger partial charge in [0.15, 0.2) is 0 Å².